The van der Waals surface area contributed by atoms with Crippen LogP contribution in [-0.2, 0) is 22.6 Å². The number of carbonyl (C=O) groups excluding carboxylic acids is 1. The first kappa shape index (κ1) is 15.5. The zero-order chi connectivity index (χ0) is 17.2. The van der Waals surface area contributed by atoms with Gasteiger partial charge in [-0.25, -0.2) is 0 Å². The molecule has 1 heterocycles. The van der Waals surface area contributed by atoms with E-state index in [0.717, 1.165) is 12.1 Å². The minimum atomic E-state index is -0.216. The Labute approximate surface area is 144 Å². The van der Waals surface area contributed by atoms with Crippen molar-refractivity contribution < 1.29 is 14.1 Å². The summed E-state index contributed by atoms with van der Waals surface area (Å²) in [5.74, 6) is 0.689. The maximum absolute atomic E-state index is 12.0. The molecule has 0 bridgehead atoms. The van der Waals surface area contributed by atoms with Crippen LogP contribution in [0.1, 0.15) is 22.8 Å². The van der Waals surface area contributed by atoms with Crippen molar-refractivity contribution in [1.82, 2.24) is 10.1 Å². The highest BCUT2D eigenvalue weighted by atomic mass is 16.5. The summed E-state index contributed by atoms with van der Waals surface area (Å²) in [6, 6.07) is 14.4. The van der Waals surface area contributed by atoms with Gasteiger partial charge in [-0.15, -0.1) is 0 Å². The number of benzene rings is 2. The summed E-state index contributed by atoms with van der Waals surface area (Å²) < 4.78 is 10.2. The molecule has 1 N–H and O–H groups in total. The first-order valence-corrected chi connectivity index (χ1v) is 8.07. The van der Waals surface area contributed by atoms with Crippen molar-refractivity contribution in [3.63, 3.8) is 0 Å². The number of aryl methyl sites for hydroxylation is 1. The summed E-state index contributed by atoms with van der Waals surface area (Å²) in [5.41, 5.74) is 5.82. The number of nitrogens with one attached hydrogen (secondary N) is 1. The topological polar surface area (TPSA) is 77.2 Å². The minimum absolute atomic E-state index is 0.0707. The Morgan fingerprint density at radius 3 is 2.88 bits per heavy atom. The van der Waals surface area contributed by atoms with Crippen LogP contribution in [0.5, 0.6) is 0 Å². The van der Waals surface area contributed by atoms with Crippen LogP contribution in [0.4, 0.5) is 5.69 Å². The lowest BCUT2D eigenvalue weighted by atomic mass is 10.1. The van der Waals surface area contributed by atoms with Gasteiger partial charge in [-0.2, -0.15) is 4.98 Å². The molecule has 3 aromatic rings. The maximum Gasteiger partial charge on any atom is 0.252 e. The maximum atomic E-state index is 12.0. The number of nitrogens with zero attached hydrogens (tertiary/aromatic N) is 2. The molecule has 1 aliphatic rings. The van der Waals surface area contributed by atoms with Gasteiger partial charge in [-0.3, -0.25) is 4.79 Å². The third kappa shape index (κ3) is 3.29. The van der Waals surface area contributed by atoms with E-state index in [2.05, 4.69) is 39.7 Å². The number of ether oxygens (including phenoxy) is 1. The van der Waals surface area contributed by atoms with Gasteiger partial charge in [-0.05, 0) is 47.7 Å². The summed E-state index contributed by atoms with van der Waals surface area (Å²) in [7, 11) is 0. The molecule has 6 nitrogen and oxygen atoms in total. The number of aromatic nitrogens is 2. The third-order valence-corrected chi connectivity index (χ3v) is 4.11. The van der Waals surface area contributed by atoms with Crippen LogP contribution in [0.15, 0.2) is 47.0 Å². The second-order valence-electron chi connectivity index (χ2n) is 5.98. The van der Waals surface area contributed by atoms with Gasteiger partial charge in [0.05, 0.1) is 0 Å². The largest absolute Gasteiger partial charge is 0.362 e. The minimum Gasteiger partial charge on any atom is -0.362 e. The van der Waals surface area contributed by atoms with E-state index in [1.807, 2.05) is 18.2 Å². The smallest absolute Gasteiger partial charge is 0.252 e. The second kappa shape index (κ2) is 6.49. The standard InChI is InChI=1S/C19H17N3O3/c1-12-20-19(25-22-12)11-24-10-18(23)21-15-6-7-17-14(9-15)8-13-4-2-3-5-16(13)17/h2-7,9H,8,10-11H2,1H3,(H,21,23). The zero-order valence-corrected chi connectivity index (χ0v) is 13.8. The van der Waals surface area contributed by atoms with E-state index in [-0.39, 0.29) is 19.1 Å². The summed E-state index contributed by atoms with van der Waals surface area (Å²) in [6.45, 7) is 1.78. The van der Waals surface area contributed by atoms with Gasteiger partial charge in [0.25, 0.3) is 5.89 Å². The van der Waals surface area contributed by atoms with E-state index in [1.165, 1.54) is 22.3 Å². The lowest BCUT2D eigenvalue weighted by molar-refractivity contribution is -0.121. The fourth-order valence-electron chi connectivity index (χ4n) is 3.05. The van der Waals surface area contributed by atoms with Gasteiger partial charge >= 0.3 is 0 Å². The lowest BCUT2D eigenvalue weighted by Crippen LogP contribution is -2.18. The number of rotatable bonds is 5. The quantitative estimate of drug-likeness (QED) is 0.606. The predicted molar refractivity (Wildman–Crippen MR) is 92.0 cm³/mol. The highest BCUT2D eigenvalue weighted by Gasteiger charge is 2.18. The SMILES string of the molecule is Cc1noc(COCC(=O)Nc2ccc3c(c2)Cc2ccccc2-3)n1. The van der Waals surface area contributed by atoms with Crippen molar-refractivity contribution in [3.05, 3.63) is 65.3 Å². The molecule has 0 radical (unpaired) electrons. The number of anilines is 1. The van der Waals surface area contributed by atoms with E-state index in [0.29, 0.717) is 11.7 Å². The molecule has 1 aromatic heterocycles. The first-order valence-electron chi connectivity index (χ1n) is 8.07. The van der Waals surface area contributed by atoms with E-state index < -0.39 is 0 Å². The Bertz CT molecular complexity index is 933. The van der Waals surface area contributed by atoms with Crippen LogP contribution >= 0.6 is 0 Å². The van der Waals surface area contributed by atoms with E-state index in [4.69, 9.17) is 9.26 Å². The first-order chi connectivity index (χ1) is 12.2. The van der Waals surface area contributed by atoms with Gasteiger partial charge in [0, 0.05) is 5.69 Å². The van der Waals surface area contributed by atoms with Crippen LogP contribution in [0, 0.1) is 6.92 Å². The van der Waals surface area contributed by atoms with Crippen LogP contribution in [0.25, 0.3) is 11.1 Å². The molecule has 0 atom stereocenters. The molecule has 1 aliphatic carbocycles. The number of carbonyl (C=O) groups is 1. The second-order valence-corrected chi connectivity index (χ2v) is 5.98. The molecule has 0 spiro atoms. The van der Waals surface area contributed by atoms with Gasteiger partial charge in [0.2, 0.25) is 5.91 Å². The van der Waals surface area contributed by atoms with Gasteiger partial charge < -0.3 is 14.6 Å². The molecule has 0 saturated heterocycles. The third-order valence-electron chi connectivity index (χ3n) is 4.11. The molecule has 1 amide bonds. The van der Waals surface area contributed by atoms with Crippen molar-refractivity contribution in [2.24, 2.45) is 0 Å². The molecule has 0 aliphatic heterocycles. The average Bonchev–Trinajstić information content (AvgIpc) is 3.17. The molecule has 126 valence electrons. The normalized spacial score (nSPS) is 11.9. The Balaban J connectivity index is 1.35. The highest BCUT2D eigenvalue weighted by Crippen LogP contribution is 2.37. The van der Waals surface area contributed by atoms with Crippen molar-refractivity contribution in [1.29, 1.82) is 0 Å². The molecular formula is C19H17N3O3. The molecule has 25 heavy (non-hydrogen) atoms. The number of hydrogen-bond donors (Lipinski definition) is 1. The van der Waals surface area contributed by atoms with E-state index in [1.54, 1.807) is 6.92 Å². The summed E-state index contributed by atoms with van der Waals surface area (Å²) in [5, 5.41) is 6.53. The Kier molecular flexibility index (Phi) is 4.03. The van der Waals surface area contributed by atoms with Crippen molar-refractivity contribution in [2.45, 2.75) is 20.0 Å². The zero-order valence-electron chi connectivity index (χ0n) is 13.8. The fourth-order valence-corrected chi connectivity index (χ4v) is 3.05. The van der Waals surface area contributed by atoms with Gasteiger partial charge in [0.15, 0.2) is 5.82 Å². The number of hydrogen-bond acceptors (Lipinski definition) is 5. The Morgan fingerprint density at radius 1 is 1.20 bits per heavy atom. The number of fused-ring (bicyclic) bond motifs is 3. The van der Waals surface area contributed by atoms with Crippen molar-refractivity contribution >= 4 is 11.6 Å². The van der Waals surface area contributed by atoms with Crippen LogP contribution in [-0.4, -0.2) is 22.7 Å². The highest BCUT2D eigenvalue weighted by molar-refractivity contribution is 5.92. The van der Waals surface area contributed by atoms with E-state index >= 15 is 0 Å². The summed E-state index contributed by atoms with van der Waals surface area (Å²) in [4.78, 5) is 16.0. The van der Waals surface area contributed by atoms with Crippen LogP contribution in [0.3, 0.4) is 0 Å². The molecule has 0 unspecified atom stereocenters. The molecular weight excluding hydrogens is 318 g/mol. The molecule has 2 aromatic carbocycles. The predicted octanol–water partition coefficient (Wildman–Crippen LogP) is 3.10. The molecule has 6 heteroatoms. The van der Waals surface area contributed by atoms with Gasteiger partial charge in [0.1, 0.15) is 13.2 Å². The molecule has 0 fully saturated rings. The average molecular weight is 335 g/mol. The molecule has 4 rings (SSSR count). The van der Waals surface area contributed by atoms with Crippen LogP contribution < -0.4 is 5.32 Å². The van der Waals surface area contributed by atoms with Crippen molar-refractivity contribution in [3.8, 4) is 11.1 Å². The summed E-state index contributed by atoms with van der Waals surface area (Å²) in [6.07, 6.45) is 0.891. The van der Waals surface area contributed by atoms with E-state index in [9.17, 15) is 4.79 Å². The van der Waals surface area contributed by atoms with Crippen LogP contribution in [0.2, 0.25) is 0 Å². The number of amides is 1. The fraction of sp³-hybridized carbons (Fsp3) is 0.211. The van der Waals surface area contributed by atoms with Gasteiger partial charge in [-0.1, -0.05) is 35.5 Å². The lowest BCUT2D eigenvalue weighted by Gasteiger charge is -2.08. The van der Waals surface area contributed by atoms with Crippen molar-refractivity contribution in [2.75, 3.05) is 11.9 Å². The Morgan fingerprint density at radius 2 is 2.04 bits per heavy atom. The Hall–Kier alpha value is -2.99. The monoisotopic (exact) mass is 335 g/mol. The summed E-state index contributed by atoms with van der Waals surface area (Å²) >= 11 is 0. The molecule has 0 saturated carbocycles.